The molecule has 1 fully saturated rings. The second-order valence-corrected chi connectivity index (χ2v) is 7.02. The molecule has 1 aliphatic heterocycles. The maximum atomic E-state index is 11.7. The molecule has 3 rings (SSSR count). The minimum absolute atomic E-state index is 0.0679. The normalized spacial score (nSPS) is 17.3. The predicted molar refractivity (Wildman–Crippen MR) is 111 cm³/mol. The van der Waals surface area contributed by atoms with Crippen LogP contribution in [-0.2, 0) is 6.54 Å². The van der Waals surface area contributed by atoms with E-state index in [1.165, 1.54) is 12.0 Å². The topological polar surface area (TPSA) is 49.6 Å². The van der Waals surface area contributed by atoms with Crippen LogP contribution in [0.5, 0.6) is 0 Å². The minimum atomic E-state index is 0.0679. The molecule has 1 atom stereocenters. The van der Waals surface area contributed by atoms with E-state index < -0.39 is 0 Å². The second kappa shape index (κ2) is 9.95. The third kappa shape index (κ3) is 5.46. The van der Waals surface area contributed by atoms with Gasteiger partial charge in [0, 0.05) is 50.9 Å². The van der Waals surface area contributed by atoms with Gasteiger partial charge in [-0.3, -0.25) is 9.79 Å². The Labute approximate surface area is 161 Å². The lowest BCUT2D eigenvalue weighted by molar-refractivity contribution is 0.484. The van der Waals surface area contributed by atoms with Gasteiger partial charge < -0.3 is 14.8 Å². The van der Waals surface area contributed by atoms with Crippen molar-refractivity contribution in [3.05, 3.63) is 70.6 Å². The number of guanidine groups is 1. The fourth-order valence-electron chi connectivity index (χ4n) is 3.60. The average molecular weight is 367 g/mol. The second-order valence-electron chi connectivity index (χ2n) is 7.02. The van der Waals surface area contributed by atoms with Crippen LogP contribution in [0.15, 0.2) is 64.5 Å². The molecule has 5 heteroatoms. The number of nitrogens with one attached hydrogen (secondary N) is 1. The summed E-state index contributed by atoms with van der Waals surface area (Å²) in [6, 6.07) is 16.1. The van der Waals surface area contributed by atoms with Crippen LogP contribution in [0.25, 0.3) is 0 Å². The molecule has 0 radical (unpaired) electrons. The molecule has 1 N–H and O–H groups in total. The molecule has 1 aliphatic rings. The van der Waals surface area contributed by atoms with Crippen molar-refractivity contribution in [2.75, 3.05) is 26.2 Å². The zero-order chi connectivity index (χ0) is 18.9. The van der Waals surface area contributed by atoms with Crippen molar-refractivity contribution in [1.29, 1.82) is 0 Å². The van der Waals surface area contributed by atoms with Gasteiger partial charge in [0.1, 0.15) is 0 Å². The first kappa shape index (κ1) is 19.2. The lowest BCUT2D eigenvalue weighted by Gasteiger charge is -2.21. The smallest absolute Gasteiger partial charge is 0.250 e. The maximum absolute atomic E-state index is 11.7. The molecule has 0 saturated carbocycles. The Bertz CT molecular complexity index is 784. The van der Waals surface area contributed by atoms with Gasteiger partial charge in [0.15, 0.2) is 5.96 Å². The number of benzene rings is 1. The molecule has 27 heavy (non-hydrogen) atoms. The highest BCUT2D eigenvalue weighted by molar-refractivity contribution is 5.80. The van der Waals surface area contributed by atoms with E-state index in [-0.39, 0.29) is 5.56 Å². The molecule has 0 spiro atoms. The van der Waals surface area contributed by atoms with Crippen molar-refractivity contribution in [1.82, 2.24) is 14.8 Å². The van der Waals surface area contributed by atoms with Gasteiger partial charge in [-0.25, -0.2) is 0 Å². The molecule has 0 bridgehead atoms. The van der Waals surface area contributed by atoms with E-state index in [0.29, 0.717) is 5.92 Å². The highest BCUT2D eigenvalue weighted by atomic mass is 16.1. The van der Waals surface area contributed by atoms with E-state index in [2.05, 4.69) is 47.5 Å². The van der Waals surface area contributed by atoms with Crippen molar-refractivity contribution < 1.29 is 0 Å². The van der Waals surface area contributed by atoms with E-state index in [1.54, 1.807) is 16.7 Å². The Morgan fingerprint density at radius 3 is 2.74 bits per heavy atom. The molecule has 1 aromatic heterocycles. The highest BCUT2D eigenvalue weighted by Crippen LogP contribution is 2.26. The van der Waals surface area contributed by atoms with Crippen molar-refractivity contribution in [3.63, 3.8) is 0 Å². The van der Waals surface area contributed by atoms with E-state index in [4.69, 9.17) is 4.99 Å². The van der Waals surface area contributed by atoms with Crippen LogP contribution in [0.4, 0.5) is 0 Å². The summed E-state index contributed by atoms with van der Waals surface area (Å²) in [5.74, 6) is 1.60. The molecular weight excluding hydrogens is 336 g/mol. The summed E-state index contributed by atoms with van der Waals surface area (Å²) in [6.45, 7) is 6.61. The third-order valence-corrected chi connectivity index (χ3v) is 5.06. The SMILES string of the molecule is CCNC(=NCCCCn1ccccc1=O)N1CCC(c2ccccc2)C1. The monoisotopic (exact) mass is 366 g/mol. The first-order valence-electron chi connectivity index (χ1n) is 10.0. The zero-order valence-electron chi connectivity index (χ0n) is 16.2. The molecule has 2 heterocycles. The van der Waals surface area contributed by atoms with Crippen molar-refractivity contribution >= 4 is 5.96 Å². The van der Waals surface area contributed by atoms with E-state index in [0.717, 1.165) is 51.5 Å². The summed E-state index contributed by atoms with van der Waals surface area (Å²) in [7, 11) is 0. The molecule has 0 amide bonds. The highest BCUT2D eigenvalue weighted by Gasteiger charge is 2.25. The van der Waals surface area contributed by atoms with Gasteiger partial charge in [-0.1, -0.05) is 36.4 Å². The number of unbranched alkanes of at least 4 members (excludes halogenated alkanes) is 1. The zero-order valence-corrected chi connectivity index (χ0v) is 16.2. The lowest BCUT2D eigenvalue weighted by atomic mass is 9.99. The summed E-state index contributed by atoms with van der Waals surface area (Å²) in [5.41, 5.74) is 1.49. The Kier molecular flexibility index (Phi) is 7.08. The fraction of sp³-hybridized carbons (Fsp3) is 0.455. The molecule has 2 aromatic rings. The molecule has 5 nitrogen and oxygen atoms in total. The number of pyridine rings is 1. The number of aryl methyl sites for hydroxylation is 1. The first-order chi connectivity index (χ1) is 13.3. The van der Waals surface area contributed by atoms with Gasteiger partial charge in [0.25, 0.3) is 0 Å². The number of rotatable bonds is 7. The van der Waals surface area contributed by atoms with Gasteiger partial charge in [-0.2, -0.15) is 0 Å². The van der Waals surface area contributed by atoms with Gasteiger partial charge in [-0.15, -0.1) is 0 Å². The standard InChI is InChI=1S/C22H30N4O/c1-2-23-22(24-14-7-9-16-25-15-8-6-12-21(25)27)26-17-13-20(18-26)19-10-4-3-5-11-19/h3-6,8,10-12,15,20H,2,7,9,13-14,16-18H2,1H3,(H,23,24). The van der Waals surface area contributed by atoms with Crippen LogP contribution in [0.3, 0.4) is 0 Å². The summed E-state index contributed by atoms with van der Waals surface area (Å²) < 4.78 is 1.76. The number of nitrogens with zero attached hydrogens (tertiary/aromatic N) is 3. The van der Waals surface area contributed by atoms with Crippen LogP contribution in [-0.4, -0.2) is 41.6 Å². The van der Waals surface area contributed by atoms with Crippen molar-refractivity contribution in [2.24, 2.45) is 4.99 Å². The molecule has 1 aromatic carbocycles. The fourth-order valence-corrected chi connectivity index (χ4v) is 3.60. The van der Waals surface area contributed by atoms with Crippen LogP contribution >= 0.6 is 0 Å². The van der Waals surface area contributed by atoms with Crippen molar-refractivity contribution in [2.45, 2.75) is 38.6 Å². The quantitative estimate of drug-likeness (QED) is 0.465. The molecule has 0 aliphatic carbocycles. The number of hydrogen-bond donors (Lipinski definition) is 1. The Morgan fingerprint density at radius 1 is 1.15 bits per heavy atom. The van der Waals surface area contributed by atoms with E-state index in [1.807, 2.05) is 12.3 Å². The van der Waals surface area contributed by atoms with Crippen molar-refractivity contribution in [3.8, 4) is 0 Å². The maximum Gasteiger partial charge on any atom is 0.250 e. The predicted octanol–water partition coefficient (Wildman–Crippen LogP) is 3.08. The first-order valence-corrected chi connectivity index (χ1v) is 10.0. The van der Waals surface area contributed by atoms with Crippen LogP contribution in [0, 0.1) is 0 Å². The lowest BCUT2D eigenvalue weighted by Crippen LogP contribution is -2.40. The molecular formula is C22H30N4O. The summed E-state index contributed by atoms with van der Waals surface area (Å²) in [6.07, 6.45) is 4.96. The van der Waals surface area contributed by atoms with Crippen LogP contribution in [0.1, 0.15) is 37.7 Å². The van der Waals surface area contributed by atoms with Gasteiger partial charge in [0.05, 0.1) is 0 Å². The van der Waals surface area contributed by atoms with E-state index >= 15 is 0 Å². The Morgan fingerprint density at radius 2 is 1.96 bits per heavy atom. The molecule has 144 valence electrons. The summed E-state index contributed by atoms with van der Waals surface area (Å²) in [5, 5.41) is 3.44. The van der Waals surface area contributed by atoms with Crippen LogP contribution < -0.4 is 10.9 Å². The van der Waals surface area contributed by atoms with Gasteiger partial charge in [0.2, 0.25) is 5.56 Å². The molecule has 1 saturated heterocycles. The largest absolute Gasteiger partial charge is 0.357 e. The number of hydrogen-bond acceptors (Lipinski definition) is 2. The third-order valence-electron chi connectivity index (χ3n) is 5.06. The average Bonchev–Trinajstić information content (AvgIpc) is 3.19. The van der Waals surface area contributed by atoms with E-state index in [9.17, 15) is 4.79 Å². The summed E-state index contributed by atoms with van der Waals surface area (Å²) in [4.78, 5) is 18.9. The number of aromatic nitrogens is 1. The Hall–Kier alpha value is -2.56. The minimum Gasteiger partial charge on any atom is -0.357 e. The number of aliphatic imine (C=N–C) groups is 1. The summed E-state index contributed by atoms with van der Waals surface area (Å²) >= 11 is 0. The molecule has 1 unspecified atom stereocenters. The van der Waals surface area contributed by atoms with Crippen LogP contribution in [0.2, 0.25) is 0 Å². The van der Waals surface area contributed by atoms with Gasteiger partial charge in [-0.05, 0) is 37.8 Å². The Balaban J connectivity index is 1.49. The number of likely N-dealkylation sites (tertiary alicyclic amines) is 1. The van der Waals surface area contributed by atoms with Gasteiger partial charge >= 0.3 is 0 Å².